The smallest absolute Gasteiger partial charge is 0.252 e. The zero-order valence-electron chi connectivity index (χ0n) is 16.7. The zero-order chi connectivity index (χ0) is 19.8. The highest BCUT2D eigenvalue weighted by Gasteiger charge is 2.16. The molecule has 0 aliphatic carbocycles. The molecule has 1 aliphatic rings. The third kappa shape index (κ3) is 5.70. The molecule has 1 saturated heterocycles. The van der Waals surface area contributed by atoms with E-state index in [0.717, 1.165) is 50.5 Å². The first kappa shape index (κ1) is 20.1. The van der Waals surface area contributed by atoms with Crippen LogP contribution in [0.3, 0.4) is 0 Å². The van der Waals surface area contributed by atoms with Gasteiger partial charge < -0.3 is 19.7 Å². The van der Waals surface area contributed by atoms with E-state index in [0.29, 0.717) is 12.1 Å². The summed E-state index contributed by atoms with van der Waals surface area (Å²) in [5.74, 6) is 1.67. The van der Waals surface area contributed by atoms with Crippen molar-refractivity contribution in [1.29, 1.82) is 0 Å². The fourth-order valence-electron chi connectivity index (χ4n) is 3.30. The molecule has 0 unspecified atom stereocenters. The normalized spacial score (nSPS) is 17.1. The van der Waals surface area contributed by atoms with Crippen LogP contribution >= 0.6 is 0 Å². The van der Waals surface area contributed by atoms with Crippen LogP contribution in [-0.4, -0.2) is 50.3 Å². The molecule has 28 heavy (non-hydrogen) atoms. The average Bonchev–Trinajstić information content (AvgIpc) is 2.96. The first-order valence-electron chi connectivity index (χ1n) is 9.89. The van der Waals surface area contributed by atoms with Crippen molar-refractivity contribution in [2.75, 3.05) is 38.3 Å². The minimum Gasteiger partial charge on any atom is -0.497 e. The Kier molecular flexibility index (Phi) is 7.25. The second-order valence-electron chi connectivity index (χ2n) is 7.09. The SMILES string of the molecule is COc1ccc(CCCNC(=O)c2ccc(N3CCCO[C@H](C)C3)nc2)cc1. The molecule has 6 heteroatoms. The van der Waals surface area contributed by atoms with Crippen LogP contribution < -0.4 is 15.0 Å². The number of carbonyl (C=O) groups is 1. The second kappa shape index (κ2) is 10.1. The summed E-state index contributed by atoms with van der Waals surface area (Å²) in [6, 6.07) is 11.8. The largest absolute Gasteiger partial charge is 0.497 e. The van der Waals surface area contributed by atoms with Gasteiger partial charge in [-0.1, -0.05) is 12.1 Å². The number of anilines is 1. The van der Waals surface area contributed by atoms with E-state index in [-0.39, 0.29) is 12.0 Å². The number of carbonyl (C=O) groups excluding carboxylic acids is 1. The van der Waals surface area contributed by atoms with Gasteiger partial charge in [-0.2, -0.15) is 0 Å². The summed E-state index contributed by atoms with van der Waals surface area (Å²) in [5.41, 5.74) is 1.82. The van der Waals surface area contributed by atoms with Crippen molar-refractivity contribution >= 4 is 11.7 Å². The number of rotatable bonds is 7. The lowest BCUT2D eigenvalue weighted by Gasteiger charge is -2.23. The summed E-state index contributed by atoms with van der Waals surface area (Å²) in [6.45, 7) is 5.24. The van der Waals surface area contributed by atoms with Crippen LogP contribution in [0.5, 0.6) is 5.75 Å². The number of aromatic nitrogens is 1. The monoisotopic (exact) mass is 383 g/mol. The molecule has 2 heterocycles. The predicted molar refractivity (Wildman–Crippen MR) is 110 cm³/mol. The van der Waals surface area contributed by atoms with Gasteiger partial charge in [0, 0.05) is 32.4 Å². The Hall–Kier alpha value is -2.60. The third-order valence-electron chi connectivity index (χ3n) is 4.87. The van der Waals surface area contributed by atoms with Gasteiger partial charge in [0.2, 0.25) is 0 Å². The Bertz CT molecular complexity index is 747. The Labute approximate surface area is 166 Å². The van der Waals surface area contributed by atoms with Crippen molar-refractivity contribution in [1.82, 2.24) is 10.3 Å². The Morgan fingerprint density at radius 2 is 2.11 bits per heavy atom. The minimum atomic E-state index is -0.0821. The first-order valence-corrected chi connectivity index (χ1v) is 9.89. The summed E-state index contributed by atoms with van der Waals surface area (Å²) >= 11 is 0. The lowest BCUT2D eigenvalue weighted by molar-refractivity contribution is 0.0820. The maximum absolute atomic E-state index is 12.3. The number of amides is 1. The highest BCUT2D eigenvalue weighted by molar-refractivity contribution is 5.94. The highest BCUT2D eigenvalue weighted by atomic mass is 16.5. The molecule has 1 aromatic heterocycles. The molecule has 2 aromatic rings. The molecule has 1 N–H and O–H groups in total. The van der Waals surface area contributed by atoms with Gasteiger partial charge in [0.1, 0.15) is 11.6 Å². The average molecular weight is 383 g/mol. The number of hydrogen-bond acceptors (Lipinski definition) is 5. The lowest BCUT2D eigenvalue weighted by atomic mass is 10.1. The molecule has 0 bridgehead atoms. The number of methoxy groups -OCH3 is 1. The van der Waals surface area contributed by atoms with Crippen LogP contribution in [0.25, 0.3) is 0 Å². The predicted octanol–water partition coefficient (Wildman–Crippen LogP) is 3.07. The lowest BCUT2D eigenvalue weighted by Crippen LogP contribution is -2.31. The molecule has 1 atom stereocenters. The van der Waals surface area contributed by atoms with Gasteiger partial charge >= 0.3 is 0 Å². The molecule has 0 saturated carbocycles. The number of nitrogens with one attached hydrogen (secondary N) is 1. The number of ether oxygens (including phenoxy) is 2. The minimum absolute atomic E-state index is 0.0821. The second-order valence-corrected chi connectivity index (χ2v) is 7.09. The van der Waals surface area contributed by atoms with Crippen molar-refractivity contribution < 1.29 is 14.3 Å². The van der Waals surface area contributed by atoms with E-state index in [4.69, 9.17) is 9.47 Å². The van der Waals surface area contributed by atoms with Gasteiger partial charge in [-0.05, 0) is 56.0 Å². The molecule has 0 radical (unpaired) electrons. The summed E-state index contributed by atoms with van der Waals surface area (Å²) in [6.07, 6.45) is 4.64. The molecule has 1 aromatic carbocycles. The maximum atomic E-state index is 12.3. The van der Waals surface area contributed by atoms with Crippen molar-refractivity contribution in [3.05, 3.63) is 53.7 Å². The highest BCUT2D eigenvalue weighted by Crippen LogP contribution is 2.16. The van der Waals surface area contributed by atoms with Crippen molar-refractivity contribution in [3.8, 4) is 5.75 Å². The van der Waals surface area contributed by atoms with Crippen LogP contribution in [0, 0.1) is 0 Å². The molecule has 1 amide bonds. The molecule has 0 spiro atoms. The van der Waals surface area contributed by atoms with Gasteiger partial charge in [0.25, 0.3) is 5.91 Å². The van der Waals surface area contributed by atoms with Gasteiger partial charge in [-0.25, -0.2) is 4.98 Å². The molecular weight excluding hydrogens is 354 g/mol. The van der Waals surface area contributed by atoms with Crippen molar-refractivity contribution in [3.63, 3.8) is 0 Å². The van der Waals surface area contributed by atoms with E-state index in [9.17, 15) is 4.79 Å². The maximum Gasteiger partial charge on any atom is 0.252 e. The van der Waals surface area contributed by atoms with Gasteiger partial charge in [-0.3, -0.25) is 4.79 Å². The summed E-state index contributed by atoms with van der Waals surface area (Å²) in [5, 5.41) is 2.97. The summed E-state index contributed by atoms with van der Waals surface area (Å²) < 4.78 is 10.8. The van der Waals surface area contributed by atoms with E-state index < -0.39 is 0 Å². The van der Waals surface area contributed by atoms with Crippen LogP contribution in [0.1, 0.15) is 35.7 Å². The standard InChI is InChI=1S/C22H29N3O3/c1-17-16-25(13-4-14-28-17)21-11-8-19(15-24-21)22(26)23-12-3-5-18-6-9-20(27-2)10-7-18/h6-11,15,17H,3-5,12-14,16H2,1-2H3,(H,23,26)/t17-/m1/s1. The number of nitrogens with zero attached hydrogens (tertiary/aromatic N) is 2. The Morgan fingerprint density at radius 3 is 2.82 bits per heavy atom. The number of benzene rings is 1. The van der Waals surface area contributed by atoms with Gasteiger partial charge in [0.15, 0.2) is 0 Å². The number of aryl methyl sites for hydroxylation is 1. The Balaban J connectivity index is 1.45. The molecule has 1 fully saturated rings. The van der Waals surface area contributed by atoms with E-state index in [2.05, 4.69) is 34.3 Å². The molecular formula is C22H29N3O3. The van der Waals surface area contributed by atoms with Crippen molar-refractivity contribution in [2.45, 2.75) is 32.3 Å². The van der Waals surface area contributed by atoms with Crippen molar-refractivity contribution in [2.24, 2.45) is 0 Å². The number of hydrogen-bond donors (Lipinski definition) is 1. The van der Waals surface area contributed by atoms with E-state index in [1.807, 2.05) is 24.3 Å². The first-order chi connectivity index (χ1) is 13.7. The summed E-state index contributed by atoms with van der Waals surface area (Å²) in [4.78, 5) is 19.0. The van der Waals surface area contributed by atoms with Crippen LogP contribution in [0.4, 0.5) is 5.82 Å². The fourth-order valence-corrected chi connectivity index (χ4v) is 3.30. The van der Waals surface area contributed by atoms with E-state index in [1.165, 1.54) is 5.56 Å². The van der Waals surface area contributed by atoms with Gasteiger partial charge in [0.05, 0.1) is 18.8 Å². The quantitative estimate of drug-likeness (QED) is 0.745. The topological polar surface area (TPSA) is 63.7 Å². The third-order valence-corrected chi connectivity index (χ3v) is 4.87. The fraction of sp³-hybridized carbons (Fsp3) is 0.455. The van der Waals surface area contributed by atoms with Crippen LogP contribution in [-0.2, 0) is 11.2 Å². The molecule has 6 nitrogen and oxygen atoms in total. The molecule has 3 rings (SSSR count). The van der Waals surface area contributed by atoms with Crippen LogP contribution in [0.2, 0.25) is 0 Å². The zero-order valence-corrected chi connectivity index (χ0v) is 16.7. The van der Waals surface area contributed by atoms with Crippen LogP contribution in [0.15, 0.2) is 42.6 Å². The summed E-state index contributed by atoms with van der Waals surface area (Å²) in [7, 11) is 1.66. The van der Waals surface area contributed by atoms with Gasteiger partial charge in [-0.15, -0.1) is 0 Å². The van der Waals surface area contributed by atoms with E-state index >= 15 is 0 Å². The Morgan fingerprint density at radius 1 is 1.29 bits per heavy atom. The van der Waals surface area contributed by atoms with E-state index in [1.54, 1.807) is 13.3 Å². The number of pyridine rings is 1. The molecule has 150 valence electrons. The molecule has 1 aliphatic heterocycles.